The molecule has 1 atom stereocenters. The molecule has 0 radical (unpaired) electrons. The topological polar surface area (TPSA) is 52.6 Å². The molecule has 0 amide bonds. The molecule has 0 aromatic rings. The average molecular weight is 256 g/mol. The van der Waals surface area contributed by atoms with E-state index < -0.39 is 5.97 Å². The largest absolute Gasteiger partial charge is 0.480 e. The second kappa shape index (κ2) is 7.74. The predicted octanol–water partition coefficient (Wildman–Crippen LogP) is 1.95. The molecular weight excluding hydrogens is 228 g/mol. The molecule has 0 heterocycles. The minimum Gasteiger partial charge on any atom is -0.480 e. The first-order valence-corrected chi connectivity index (χ1v) is 7.26. The maximum Gasteiger partial charge on any atom is 0.317 e. The molecule has 0 aromatic carbocycles. The van der Waals surface area contributed by atoms with Crippen LogP contribution in [0.3, 0.4) is 0 Å². The molecule has 1 unspecified atom stereocenters. The fraction of sp³-hybridized carbons (Fsp3) is 0.929. The maximum absolute atomic E-state index is 10.7. The van der Waals surface area contributed by atoms with Gasteiger partial charge in [-0.2, -0.15) is 0 Å². The number of carboxylic acid groups (broad SMARTS) is 1. The van der Waals surface area contributed by atoms with E-state index >= 15 is 0 Å². The standard InChI is InChI=1S/C14H28N2O2/c1-4-6-11(3)9-15-12-7-13(8-12)16(5-2)10-14(17)18/h11-13,15H,4-10H2,1-3H3,(H,17,18). The summed E-state index contributed by atoms with van der Waals surface area (Å²) in [6.07, 6.45) is 4.72. The van der Waals surface area contributed by atoms with Gasteiger partial charge in [0.05, 0.1) is 6.54 Å². The lowest BCUT2D eigenvalue weighted by Crippen LogP contribution is -2.54. The van der Waals surface area contributed by atoms with Crippen molar-refractivity contribution < 1.29 is 9.90 Å². The number of carboxylic acids is 1. The Morgan fingerprint density at radius 1 is 1.44 bits per heavy atom. The van der Waals surface area contributed by atoms with E-state index in [1.54, 1.807) is 0 Å². The molecule has 106 valence electrons. The SMILES string of the molecule is CCCC(C)CNC1CC(N(CC)CC(=O)O)C1. The fourth-order valence-corrected chi connectivity index (χ4v) is 2.69. The van der Waals surface area contributed by atoms with Crippen LogP contribution in [0.15, 0.2) is 0 Å². The van der Waals surface area contributed by atoms with Gasteiger partial charge in [-0.3, -0.25) is 9.69 Å². The van der Waals surface area contributed by atoms with Crippen LogP contribution in [0.4, 0.5) is 0 Å². The Bertz CT molecular complexity index is 252. The number of carbonyl (C=O) groups is 1. The van der Waals surface area contributed by atoms with Crippen LogP contribution in [0.2, 0.25) is 0 Å². The molecule has 0 bridgehead atoms. The molecule has 4 nitrogen and oxygen atoms in total. The van der Waals surface area contributed by atoms with Crippen LogP contribution >= 0.6 is 0 Å². The minimum absolute atomic E-state index is 0.181. The third kappa shape index (κ3) is 4.94. The van der Waals surface area contributed by atoms with Gasteiger partial charge in [-0.1, -0.05) is 27.2 Å². The van der Waals surface area contributed by atoms with E-state index in [4.69, 9.17) is 5.11 Å². The van der Waals surface area contributed by atoms with Crippen molar-refractivity contribution in [2.75, 3.05) is 19.6 Å². The first-order chi connectivity index (χ1) is 8.56. The number of rotatable bonds is 9. The van der Waals surface area contributed by atoms with Crippen LogP contribution in [0.5, 0.6) is 0 Å². The van der Waals surface area contributed by atoms with Crippen LogP contribution in [0, 0.1) is 5.92 Å². The summed E-state index contributed by atoms with van der Waals surface area (Å²) >= 11 is 0. The van der Waals surface area contributed by atoms with Gasteiger partial charge in [0.25, 0.3) is 0 Å². The van der Waals surface area contributed by atoms with E-state index in [0.717, 1.165) is 31.8 Å². The molecule has 1 fully saturated rings. The Labute approximate surface area is 111 Å². The summed E-state index contributed by atoms with van der Waals surface area (Å²) < 4.78 is 0. The van der Waals surface area contributed by atoms with Crippen molar-refractivity contribution in [2.24, 2.45) is 5.92 Å². The van der Waals surface area contributed by atoms with Gasteiger partial charge in [0.1, 0.15) is 0 Å². The van der Waals surface area contributed by atoms with E-state index in [-0.39, 0.29) is 6.54 Å². The van der Waals surface area contributed by atoms with E-state index in [2.05, 4.69) is 24.1 Å². The zero-order valence-electron chi connectivity index (χ0n) is 12.0. The number of nitrogens with zero attached hydrogens (tertiary/aromatic N) is 1. The van der Waals surface area contributed by atoms with Gasteiger partial charge in [-0.25, -0.2) is 0 Å². The second-order valence-corrected chi connectivity index (χ2v) is 5.58. The minimum atomic E-state index is -0.718. The number of hydrogen-bond donors (Lipinski definition) is 2. The van der Waals surface area contributed by atoms with Crippen molar-refractivity contribution in [3.63, 3.8) is 0 Å². The van der Waals surface area contributed by atoms with Crippen LogP contribution in [0.25, 0.3) is 0 Å². The monoisotopic (exact) mass is 256 g/mol. The predicted molar refractivity (Wildman–Crippen MR) is 73.8 cm³/mol. The highest BCUT2D eigenvalue weighted by Gasteiger charge is 2.33. The van der Waals surface area contributed by atoms with Gasteiger partial charge in [0.2, 0.25) is 0 Å². The molecule has 4 heteroatoms. The normalized spacial score (nSPS) is 24.9. The van der Waals surface area contributed by atoms with Crippen LogP contribution < -0.4 is 5.32 Å². The summed E-state index contributed by atoms with van der Waals surface area (Å²) in [5, 5.41) is 12.4. The lowest BCUT2D eigenvalue weighted by molar-refractivity contribution is -0.139. The van der Waals surface area contributed by atoms with Gasteiger partial charge >= 0.3 is 5.97 Å². The van der Waals surface area contributed by atoms with Gasteiger partial charge < -0.3 is 10.4 Å². The zero-order valence-corrected chi connectivity index (χ0v) is 12.0. The summed E-state index contributed by atoms with van der Waals surface area (Å²) in [5.74, 6) is 0.0279. The summed E-state index contributed by atoms with van der Waals surface area (Å²) in [5.41, 5.74) is 0. The maximum atomic E-state index is 10.7. The van der Waals surface area contributed by atoms with Crippen LogP contribution in [-0.4, -0.2) is 47.7 Å². The van der Waals surface area contributed by atoms with Crippen molar-refractivity contribution in [3.8, 4) is 0 Å². The highest BCUT2D eigenvalue weighted by atomic mass is 16.4. The summed E-state index contributed by atoms with van der Waals surface area (Å²) in [4.78, 5) is 12.8. The van der Waals surface area contributed by atoms with Crippen molar-refractivity contribution in [1.29, 1.82) is 0 Å². The highest BCUT2D eigenvalue weighted by Crippen LogP contribution is 2.25. The average Bonchev–Trinajstić information content (AvgIpc) is 2.25. The Morgan fingerprint density at radius 2 is 2.11 bits per heavy atom. The second-order valence-electron chi connectivity index (χ2n) is 5.58. The lowest BCUT2D eigenvalue weighted by atomic mass is 9.85. The van der Waals surface area contributed by atoms with E-state index in [1.165, 1.54) is 12.8 Å². The summed E-state index contributed by atoms with van der Waals surface area (Å²) in [6, 6.07) is 1.06. The smallest absolute Gasteiger partial charge is 0.317 e. The molecule has 0 aliphatic heterocycles. The van der Waals surface area contributed by atoms with Crippen molar-refractivity contribution in [3.05, 3.63) is 0 Å². The Morgan fingerprint density at radius 3 is 2.61 bits per heavy atom. The van der Waals surface area contributed by atoms with E-state index in [0.29, 0.717) is 12.1 Å². The number of likely N-dealkylation sites (N-methyl/N-ethyl adjacent to an activating group) is 1. The van der Waals surface area contributed by atoms with Gasteiger partial charge in [0, 0.05) is 12.1 Å². The first-order valence-electron chi connectivity index (χ1n) is 7.26. The molecule has 0 saturated heterocycles. The molecule has 1 saturated carbocycles. The molecule has 18 heavy (non-hydrogen) atoms. The molecule has 1 aliphatic carbocycles. The van der Waals surface area contributed by atoms with Crippen molar-refractivity contribution >= 4 is 5.97 Å². The summed E-state index contributed by atoms with van der Waals surface area (Å²) in [7, 11) is 0. The quantitative estimate of drug-likeness (QED) is 0.662. The fourth-order valence-electron chi connectivity index (χ4n) is 2.69. The Balaban J connectivity index is 2.16. The third-order valence-electron chi connectivity index (χ3n) is 3.91. The molecule has 0 aromatic heterocycles. The molecule has 1 aliphatic rings. The number of nitrogens with one attached hydrogen (secondary N) is 1. The Kier molecular flexibility index (Phi) is 6.65. The Hall–Kier alpha value is -0.610. The van der Waals surface area contributed by atoms with E-state index in [9.17, 15) is 4.79 Å². The lowest BCUT2D eigenvalue weighted by Gasteiger charge is -2.42. The van der Waals surface area contributed by atoms with Crippen LogP contribution in [-0.2, 0) is 4.79 Å². The first kappa shape index (κ1) is 15.4. The molecular formula is C14H28N2O2. The van der Waals surface area contributed by atoms with Crippen molar-refractivity contribution in [2.45, 2.75) is 58.5 Å². The molecule has 2 N–H and O–H groups in total. The van der Waals surface area contributed by atoms with Crippen LogP contribution in [0.1, 0.15) is 46.5 Å². The number of hydrogen-bond acceptors (Lipinski definition) is 3. The van der Waals surface area contributed by atoms with E-state index in [1.807, 2.05) is 6.92 Å². The van der Waals surface area contributed by atoms with Crippen molar-refractivity contribution in [1.82, 2.24) is 10.2 Å². The van der Waals surface area contributed by atoms with Gasteiger partial charge in [-0.05, 0) is 38.3 Å². The molecule has 0 spiro atoms. The van der Waals surface area contributed by atoms with Gasteiger partial charge in [-0.15, -0.1) is 0 Å². The highest BCUT2D eigenvalue weighted by molar-refractivity contribution is 5.69. The zero-order chi connectivity index (χ0) is 13.5. The van der Waals surface area contributed by atoms with Gasteiger partial charge in [0.15, 0.2) is 0 Å². The number of aliphatic carboxylic acids is 1. The summed E-state index contributed by atoms with van der Waals surface area (Å²) in [6.45, 7) is 8.65. The molecule has 1 rings (SSSR count). The third-order valence-corrected chi connectivity index (χ3v) is 3.91.